The molecule has 0 saturated carbocycles. The number of halogens is 1. The zero-order valence-electron chi connectivity index (χ0n) is 17.9. The molecule has 0 aliphatic carbocycles. The largest absolute Gasteiger partial charge is 0.493 e. The van der Waals surface area contributed by atoms with E-state index in [2.05, 4.69) is 52.8 Å². The third-order valence-electron chi connectivity index (χ3n) is 4.32. The molecule has 0 spiro atoms. The summed E-state index contributed by atoms with van der Waals surface area (Å²) in [5, 5.41) is 11.0. The molecule has 2 rings (SSSR count). The van der Waals surface area contributed by atoms with Gasteiger partial charge in [-0.2, -0.15) is 5.10 Å². The number of hydrogen-bond acceptors (Lipinski definition) is 4. The van der Waals surface area contributed by atoms with Crippen molar-refractivity contribution in [2.75, 3.05) is 33.9 Å². The summed E-state index contributed by atoms with van der Waals surface area (Å²) in [7, 11) is 3.49. The first-order chi connectivity index (χ1) is 13.6. The molecule has 1 heterocycles. The van der Waals surface area contributed by atoms with Gasteiger partial charge in [0.05, 0.1) is 6.61 Å². The lowest BCUT2D eigenvalue weighted by molar-refractivity contribution is 0.171. The smallest absolute Gasteiger partial charge is 0.191 e. The number of nitrogens with zero attached hydrogens (tertiary/aromatic N) is 3. The van der Waals surface area contributed by atoms with Gasteiger partial charge < -0.3 is 20.1 Å². The summed E-state index contributed by atoms with van der Waals surface area (Å²) in [6, 6.07) is 8.21. The van der Waals surface area contributed by atoms with Crippen LogP contribution in [0.1, 0.15) is 24.5 Å². The van der Waals surface area contributed by atoms with Gasteiger partial charge in [0, 0.05) is 64.8 Å². The van der Waals surface area contributed by atoms with Gasteiger partial charge in [0.2, 0.25) is 0 Å². The molecular formula is C21H34IN5O2. The lowest BCUT2D eigenvalue weighted by Crippen LogP contribution is -2.39. The lowest BCUT2D eigenvalue weighted by atomic mass is 10.1. The summed E-state index contributed by atoms with van der Waals surface area (Å²) in [6.45, 7) is 7.93. The molecule has 0 fully saturated rings. The summed E-state index contributed by atoms with van der Waals surface area (Å²) >= 11 is 0. The van der Waals surface area contributed by atoms with E-state index in [1.807, 2.05) is 16.9 Å². The molecule has 1 aromatic heterocycles. The van der Waals surface area contributed by atoms with Gasteiger partial charge in [-0.15, -0.1) is 24.0 Å². The van der Waals surface area contributed by atoms with Gasteiger partial charge in [-0.3, -0.25) is 9.67 Å². The normalized spacial score (nSPS) is 12.2. The minimum atomic E-state index is 0. The van der Waals surface area contributed by atoms with Crippen LogP contribution < -0.4 is 15.4 Å². The van der Waals surface area contributed by atoms with Crippen LogP contribution in [0.3, 0.4) is 0 Å². The Morgan fingerprint density at radius 2 is 2.10 bits per heavy atom. The molecule has 1 atom stereocenters. The van der Waals surface area contributed by atoms with E-state index in [1.165, 1.54) is 5.56 Å². The van der Waals surface area contributed by atoms with Crippen molar-refractivity contribution in [2.45, 2.75) is 33.4 Å². The van der Waals surface area contributed by atoms with E-state index in [0.29, 0.717) is 25.7 Å². The van der Waals surface area contributed by atoms with Crippen molar-refractivity contribution in [3.05, 3.63) is 47.8 Å². The van der Waals surface area contributed by atoms with Crippen LogP contribution in [0, 0.1) is 12.8 Å². The molecule has 0 aliphatic heterocycles. The number of guanidine groups is 1. The highest BCUT2D eigenvalue weighted by atomic mass is 127. The highest BCUT2D eigenvalue weighted by molar-refractivity contribution is 14.0. The van der Waals surface area contributed by atoms with Crippen molar-refractivity contribution in [3.63, 3.8) is 0 Å². The first-order valence-corrected chi connectivity index (χ1v) is 9.75. The second-order valence-corrected chi connectivity index (χ2v) is 6.95. The Morgan fingerprint density at radius 3 is 2.79 bits per heavy atom. The first-order valence-electron chi connectivity index (χ1n) is 9.75. The van der Waals surface area contributed by atoms with E-state index in [-0.39, 0.29) is 24.0 Å². The van der Waals surface area contributed by atoms with Crippen molar-refractivity contribution in [2.24, 2.45) is 10.9 Å². The van der Waals surface area contributed by atoms with Gasteiger partial charge in [0.1, 0.15) is 5.75 Å². The number of ether oxygens (including phenoxy) is 2. The zero-order valence-corrected chi connectivity index (χ0v) is 20.2. The molecule has 29 heavy (non-hydrogen) atoms. The molecule has 0 bridgehead atoms. The van der Waals surface area contributed by atoms with Gasteiger partial charge >= 0.3 is 0 Å². The second kappa shape index (κ2) is 14.2. The quantitative estimate of drug-likeness (QED) is 0.208. The molecule has 1 unspecified atom stereocenters. The van der Waals surface area contributed by atoms with Crippen LogP contribution in [-0.2, 0) is 17.8 Å². The van der Waals surface area contributed by atoms with Crippen LogP contribution in [-0.4, -0.2) is 49.7 Å². The molecule has 162 valence electrons. The lowest BCUT2D eigenvalue weighted by Gasteiger charge is -2.17. The van der Waals surface area contributed by atoms with Gasteiger partial charge in [0.25, 0.3) is 0 Å². The van der Waals surface area contributed by atoms with Crippen molar-refractivity contribution in [1.29, 1.82) is 0 Å². The highest BCUT2D eigenvalue weighted by Crippen LogP contribution is 2.20. The fraction of sp³-hybridized carbons (Fsp3) is 0.524. The number of benzene rings is 1. The standard InChI is InChI=1S/C21H33N5O2.HI/c1-17-7-8-19(20(13-17)28-12-6-11-27-4)15-24-21(22-3)23-14-18(2)16-26-10-5-9-25-26;/h5,7-10,13,18H,6,11-12,14-16H2,1-4H3,(H2,22,23,24);1H. The molecule has 0 aliphatic rings. The highest BCUT2D eigenvalue weighted by Gasteiger charge is 2.08. The van der Waals surface area contributed by atoms with E-state index in [4.69, 9.17) is 9.47 Å². The van der Waals surface area contributed by atoms with E-state index in [9.17, 15) is 0 Å². The minimum absolute atomic E-state index is 0. The van der Waals surface area contributed by atoms with Crippen LogP contribution in [0.4, 0.5) is 0 Å². The monoisotopic (exact) mass is 515 g/mol. The van der Waals surface area contributed by atoms with Crippen LogP contribution in [0.25, 0.3) is 0 Å². The van der Waals surface area contributed by atoms with Crippen molar-refractivity contribution < 1.29 is 9.47 Å². The second-order valence-electron chi connectivity index (χ2n) is 6.95. The summed E-state index contributed by atoms with van der Waals surface area (Å²) in [4.78, 5) is 4.32. The Hall–Kier alpha value is -1.81. The summed E-state index contributed by atoms with van der Waals surface area (Å²) in [5.41, 5.74) is 2.29. The van der Waals surface area contributed by atoms with E-state index in [0.717, 1.165) is 36.8 Å². The predicted octanol–water partition coefficient (Wildman–Crippen LogP) is 3.23. The maximum atomic E-state index is 5.95. The summed E-state index contributed by atoms with van der Waals surface area (Å²) in [6.07, 6.45) is 4.65. The summed E-state index contributed by atoms with van der Waals surface area (Å²) < 4.78 is 13.0. The fourth-order valence-electron chi connectivity index (χ4n) is 2.79. The van der Waals surface area contributed by atoms with Crippen molar-refractivity contribution in [3.8, 4) is 5.75 Å². The average Bonchev–Trinajstić information content (AvgIpc) is 3.19. The van der Waals surface area contributed by atoms with E-state index in [1.54, 1.807) is 20.4 Å². The first kappa shape index (κ1) is 25.2. The Kier molecular flexibility index (Phi) is 12.4. The Labute approximate surface area is 191 Å². The summed E-state index contributed by atoms with van der Waals surface area (Å²) in [5.74, 6) is 2.11. The minimum Gasteiger partial charge on any atom is -0.493 e. The fourth-order valence-corrected chi connectivity index (χ4v) is 2.79. The van der Waals surface area contributed by atoms with Crippen LogP contribution in [0.2, 0.25) is 0 Å². The van der Waals surface area contributed by atoms with E-state index < -0.39 is 0 Å². The molecule has 0 radical (unpaired) electrons. The predicted molar refractivity (Wildman–Crippen MR) is 128 cm³/mol. The van der Waals surface area contributed by atoms with Gasteiger partial charge in [-0.1, -0.05) is 19.1 Å². The molecule has 0 amide bonds. The number of aliphatic imine (C=N–C) groups is 1. The number of aryl methyl sites for hydroxylation is 1. The van der Waals surface area contributed by atoms with Gasteiger partial charge in [-0.25, -0.2) is 0 Å². The topological polar surface area (TPSA) is 72.7 Å². The maximum absolute atomic E-state index is 5.95. The third-order valence-corrected chi connectivity index (χ3v) is 4.32. The van der Waals surface area contributed by atoms with Gasteiger partial charge in [-0.05, 0) is 30.5 Å². The Bertz CT molecular complexity index is 722. The molecule has 0 saturated heterocycles. The van der Waals surface area contributed by atoms with Crippen LogP contribution in [0.15, 0.2) is 41.7 Å². The number of nitrogens with one attached hydrogen (secondary N) is 2. The Balaban J connectivity index is 0.00000420. The third kappa shape index (κ3) is 9.49. The molecule has 2 N–H and O–H groups in total. The van der Waals surface area contributed by atoms with Crippen molar-refractivity contribution in [1.82, 2.24) is 20.4 Å². The maximum Gasteiger partial charge on any atom is 0.191 e. The van der Waals surface area contributed by atoms with E-state index >= 15 is 0 Å². The molecular weight excluding hydrogens is 481 g/mol. The Morgan fingerprint density at radius 1 is 1.28 bits per heavy atom. The average molecular weight is 515 g/mol. The molecule has 8 heteroatoms. The number of hydrogen-bond donors (Lipinski definition) is 2. The van der Waals surface area contributed by atoms with Gasteiger partial charge in [0.15, 0.2) is 5.96 Å². The zero-order chi connectivity index (χ0) is 20.2. The number of aromatic nitrogens is 2. The van der Waals surface area contributed by atoms with Crippen molar-refractivity contribution >= 4 is 29.9 Å². The van der Waals surface area contributed by atoms with Crippen LogP contribution >= 0.6 is 24.0 Å². The SMILES string of the molecule is CN=C(NCc1ccc(C)cc1OCCCOC)NCC(C)Cn1cccn1.I. The molecule has 1 aromatic carbocycles. The molecule has 7 nitrogen and oxygen atoms in total. The number of rotatable bonds is 11. The number of methoxy groups -OCH3 is 1. The molecule has 2 aromatic rings. The van der Waals surface area contributed by atoms with Crippen LogP contribution in [0.5, 0.6) is 5.75 Å².